The maximum atomic E-state index is 11.8. The van der Waals surface area contributed by atoms with Crippen molar-refractivity contribution in [2.75, 3.05) is 12.3 Å². The van der Waals surface area contributed by atoms with Crippen LogP contribution in [0.1, 0.15) is 56.5 Å². The molecule has 1 heterocycles. The van der Waals surface area contributed by atoms with Gasteiger partial charge < -0.3 is 4.98 Å². The van der Waals surface area contributed by atoms with Gasteiger partial charge in [0, 0.05) is 18.9 Å². The summed E-state index contributed by atoms with van der Waals surface area (Å²) in [6.07, 6.45) is 9.77. The van der Waals surface area contributed by atoms with Crippen molar-refractivity contribution in [2.45, 2.75) is 50.7 Å². The molecule has 0 amide bonds. The first-order chi connectivity index (χ1) is 9.55. The molecule has 2 N–H and O–H groups in total. The third kappa shape index (κ3) is 7.31. The van der Waals surface area contributed by atoms with Crippen LogP contribution in [0, 0.1) is 0 Å². The topological polar surface area (TPSA) is 74.8 Å². The number of nitrogens with zero attached hydrogens (tertiary/aromatic N) is 1. The molecule has 1 unspecified atom stereocenters. The van der Waals surface area contributed by atoms with Crippen molar-refractivity contribution >= 4 is 22.7 Å². The number of rotatable bonds is 11. The number of hydrogen-bond acceptors (Lipinski definition) is 4. The molecular weight excluding hydrogens is 294 g/mol. The summed E-state index contributed by atoms with van der Waals surface area (Å²) in [6, 6.07) is 0. The molecule has 0 radical (unpaired) electrons. The zero-order valence-electron chi connectivity index (χ0n) is 12.0. The van der Waals surface area contributed by atoms with Crippen LogP contribution in [0.25, 0.3) is 0 Å². The molecule has 0 saturated heterocycles. The molecular formula is C13H25N3O2S2. The summed E-state index contributed by atoms with van der Waals surface area (Å²) in [7, 11) is -3.20. The first-order valence-electron chi connectivity index (χ1n) is 7.20. The second-order valence-electron chi connectivity index (χ2n) is 4.93. The molecule has 0 saturated carbocycles. The van der Waals surface area contributed by atoms with Crippen LogP contribution in [0.5, 0.6) is 0 Å². The van der Waals surface area contributed by atoms with Crippen LogP contribution in [0.2, 0.25) is 0 Å². The Morgan fingerprint density at radius 2 is 2.00 bits per heavy atom. The van der Waals surface area contributed by atoms with Crippen LogP contribution < -0.4 is 4.72 Å². The van der Waals surface area contributed by atoms with Gasteiger partial charge in [0.25, 0.3) is 0 Å². The van der Waals surface area contributed by atoms with Gasteiger partial charge in [0.05, 0.1) is 11.0 Å². The Hall–Kier alpha value is -0.530. The van der Waals surface area contributed by atoms with Gasteiger partial charge in [0.15, 0.2) is 0 Å². The van der Waals surface area contributed by atoms with Crippen LogP contribution in [0.15, 0.2) is 12.4 Å². The summed E-state index contributed by atoms with van der Waals surface area (Å²) in [6.45, 7) is 2.43. The standard InChI is InChI=1S/C13H25N3O2S2/c1-2-3-4-5-6-7-10-20(17,18)16-11-12(19)13-14-8-9-15-13/h8-9,12,16,19H,2-7,10-11H2,1H3,(H,14,15). The lowest BCUT2D eigenvalue weighted by Gasteiger charge is -2.10. The molecule has 0 aromatic carbocycles. The number of aromatic nitrogens is 2. The maximum absolute atomic E-state index is 11.8. The molecule has 0 spiro atoms. The van der Waals surface area contributed by atoms with E-state index in [0.717, 1.165) is 19.3 Å². The van der Waals surface area contributed by atoms with E-state index in [9.17, 15) is 8.42 Å². The lowest BCUT2D eigenvalue weighted by molar-refractivity contribution is 0.570. The largest absolute Gasteiger partial charge is 0.348 e. The highest BCUT2D eigenvalue weighted by Gasteiger charge is 2.14. The summed E-state index contributed by atoms with van der Waals surface area (Å²) in [5.41, 5.74) is 0. The van der Waals surface area contributed by atoms with Crippen molar-refractivity contribution in [3.8, 4) is 0 Å². The molecule has 7 heteroatoms. The summed E-state index contributed by atoms with van der Waals surface area (Å²) < 4.78 is 26.2. The fourth-order valence-electron chi connectivity index (χ4n) is 1.91. The number of sulfonamides is 1. The fraction of sp³-hybridized carbons (Fsp3) is 0.769. The van der Waals surface area contributed by atoms with Gasteiger partial charge in [-0.2, -0.15) is 12.6 Å². The summed E-state index contributed by atoms with van der Waals surface area (Å²) >= 11 is 4.32. The lowest BCUT2D eigenvalue weighted by atomic mass is 10.1. The minimum atomic E-state index is -3.20. The highest BCUT2D eigenvalue weighted by molar-refractivity contribution is 7.89. The number of aromatic amines is 1. The third-order valence-electron chi connectivity index (χ3n) is 3.10. The molecule has 20 heavy (non-hydrogen) atoms. The average molecular weight is 319 g/mol. The van der Waals surface area contributed by atoms with E-state index in [1.807, 2.05) is 0 Å². The van der Waals surface area contributed by atoms with E-state index in [1.165, 1.54) is 19.3 Å². The van der Waals surface area contributed by atoms with E-state index in [-0.39, 0.29) is 17.5 Å². The fourth-order valence-corrected chi connectivity index (χ4v) is 3.41. The molecule has 1 rings (SSSR count). The van der Waals surface area contributed by atoms with Crippen molar-refractivity contribution < 1.29 is 8.42 Å². The van der Waals surface area contributed by atoms with Gasteiger partial charge in [-0.05, 0) is 6.42 Å². The van der Waals surface area contributed by atoms with Gasteiger partial charge in [0.1, 0.15) is 5.82 Å². The minimum absolute atomic E-state index is 0.192. The van der Waals surface area contributed by atoms with Gasteiger partial charge in [-0.1, -0.05) is 39.0 Å². The van der Waals surface area contributed by atoms with Crippen molar-refractivity contribution in [2.24, 2.45) is 0 Å². The van der Waals surface area contributed by atoms with Crippen molar-refractivity contribution in [1.29, 1.82) is 0 Å². The molecule has 5 nitrogen and oxygen atoms in total. The summed E-state index contributed by atoms with van der Waals surface area (Å²) in [5, 5.41) is -0.246. The number of H-pyrrole nitrogens is 1. The Bertz CT molecular complexity index is 446. The van der Waals surface area contributed by atoms with E-state index in [2.05, 4.69) is 34.2 Å². The predicted octanol–water partition coefficient (Wildman–Crippen LogP) is 2.66. The van der Waals surface area contributed by atoms with E-state index in [4.69, 9.17) is 0 Å². The Kier molecular flexibility index (Phi) is 8.25. The summed E-state index contributed by atoms with van der Waals surface area (Å²) in [4.78, 5) is 6.98. The molecule has 1 atom stereocenters. The number of nitrogens with one attached hydrogen (secondary N) is 2. The van der Waals surface area contributed by atoms with Gasteiger partial charge >= 0.3 is 0 Å². The SMILES string of the molecule is CCCCCCCCS(=O)(=O)NCC(S)c1ncc[nH]1. The number of unbranched alkanes of at least 4 members (excludes halogenated alkanes) is 5. The molecule has 0 aliphatic carbocycles. The van der Waals surface area contributed by atoms with Crippen molar-refractivity contribution in [1.82, 2.24) is 14.7 Å². The Morgan fingerprint density at radius 3 is 2.65 bits per heavy atom. The zero-order chi connectivity index (χ0) is 14.8. The number of thiol groups is 1. The van der Waals surface area contributed by atoms with Gasteiger partial charge in [-0.25, -0.2) is 18.1 Å². The third-order valence-corrected chi connectivity index (χ3v) is 4.96. The Labute approximate surface area is 127 Å². The Balaban J connectivity index is 2.18. The molecule has 0 aliphatic rings. The predicted molar refractivity (Wildman–Crippen MR) is 85.5 cm³/mol. The molecule has 0 aliphatic heterocycles. The van der Waals surface area contributed by atoms with Gasteiger partial charge in [0.2, 0.25) is 10.0 Å². The maximum Gasteiger partial charge on any atom is 0.211 e. The molecule has 0 bridgehead atoms. The zero-order valence-corrected chi connectivity index (χ0v) is 13.7. The van der Waals surface area contributed by atoms with Crippen molar-refractivity contribution in [3.63, 3.8) is 0 Å². The summed E-state index contributed by atoms with van der Waals surface area (Å²) in [5.74, 6) is 0.869. The number of imidazole rings is 1. The van der Waals surface area contributed by atoms with Gasteiger partial charge in [-0.3, -0.25) is 0 Å². The van der Waals surface area contributed by atoms with Crippen LogP contribution in [-0.4, -0.2) is 30.7 Å². The highest BCUT2D eigenvalue weighted by atomic mass is 32.2. The highest BCUT2D eigenvalue weighted by Crippen LogP contribution is 2.14. The van der Waals surface area contributed by atoms with E-state index in [0.29, 0.717) is 5.82 Å². The van der Waals surface area contributed by atoms with Crippen LogP contribution in [-0.2, 0) is 10.0 Å². The van der Waals surface area contributed by atoms with Crippen molar-refractivity contribution in [3.05, 3.63) is 18.2 Å². The minimum Gasteiger partial charge on any atom is -0.348 e. The van der Waals surface area contributed by atoms with Gasteiger partial charge in [-0.15, -0.1) is 0 Å². The first-order valence-corrected chi connectivity index (χ1v) is 9.36. The number of hydrogen-bond donors (Lipinski definition) is 3. The second kappa shape index (κ2) is 9.41. The van der Waals surface area contributed by atoms with E-state index < -0.39 is 10.0 Å². The second-order valence-corrected chi connectivity index (χ2v) is 7.48. The van der Waals surface area contributed by atoms with E-state index in [1.54, 1.807) is 12.4 Å². The quantitative estimate of drug-likeness (QED) is 0.433. The van der Waals surface area contributed by atoms with Crippen LogP contribution in [0.3, 0.4) is 0 Å². The average Bonchev–Trinajstić information content (AvgIpc) is 2.94. The normalized spacial score (nSPS) is 13.5. The monoisotopic (exact) mass is 319 g/mol. The van der Waals surface area contributed by atoms with E-state index >= 15 is 0 Å². The lowest BCUT2D eigenvalue weighted by Crippen LogP contribution is -2.29. The molecule has 0 fully saturated rings. The first kappa shape index (κ1) is 17.5. The molecule has 116 valence electrons. The smallest absolute Gasteiger partial charge is 0.211 e. The van der Waals surface area contributed by atoms with Crippen LogP contribution in [0.4, 0.5) is 0 Å². The molecule has 1 aromatic heterocycles. The Morgan fingerprint density at radius 1 is 1.30 bits per heavy atom. The van der Waals surface area contributed by atoms with Crippen LogP contribution >= 0.6 is 12.6 Å². The molecule has 1 aromatic rings.